The molecule has 0 N–H and O–H groups in total. The lowest BCUT2D eigenvalue weighted by Gasteiger charge is -2.48. The fraction of sp³-hybridized carbons (Fsp3) is 0.947. The van der Waals surface area contributed by atoms with E-state index in [0.29, 0.717) is 18.0 Å². The van der Waals surface area contributed by atoms with Crippen LogP contribution in [0.4, 0.5) is 0 Å². The molecule has 0 amide bonds. The molecule has 6 heteroatoms. The predicted octanol–water partition coefficient (Wildman–Crippen LogP) is 2.66. The van der Waals surface area contributed by atoms with Gasteiger partial charge in [0.1, 0.15) is 5.41 Å². The zero-order valence-electron chi connectivity index (χ0n) is 16.7. The van der Waals surface area contributed by atoms with Gasteiger partial charge in [-0.1, -0.05) is 20.8 Å². The van der Waals surface area contributed by atoms with Crippen molar-refractivity contribution in [2.24, 2.45) is 16.7 Å². The fourth-order valence-corrected chi connectivity index (χ4v) is 7.11. The molecule has 0 aromatic rings. The lowest BCUT2D eigenvalue weighted by Crippen LogP contribution is -2.56. The van der Waals surface area contributed by atoms with Crippen LogP contribution in [0.3, 0.4) is 0 Å². The molecule has 25 heavy (non-hydrogen) atoms. The monoisotopic (exact) mass is 367 g/mol. The highest BCUT2D eigenvalue weighted by atomic mass is 28.4. The molecule has 2 aliphatic carbocycles. The van der Waals surface area contributed by atoms with Gasteiger partial charge in [-0.15, -0.1) is 0 Å². The lowest BCUT2D eigenvalue weighted by molar-refractivity contribution is -0.168. The first kappa shape index (κ1) is 18.0. The third-order valence-corrected chi connectivity index (χ3v) is 12.8. The Labute approximate surface area is 152 Å². The Morgan fingerprint density at radius 1 is 1.28 bits per heavy atom. The van der Waals surface area contributed by atoms with Gasteiger partial charge in [0.25, 0.3) is 0 Å². The average molecular weight is 368 g/mol. The maximum absolute atomic E-state index is 12.9. The molecule has 5 nitrogen and oxygen atoms in total. The van der Waals surface area contributed by atoms with Gasteiger partial charge in [-0.3, -0.25) is 9.69 Å². The van der Waals surface area contributed by atoms with Gasteiger partial charge < -0.3 is 13.9 Å². The van der Waals surface area contributed by atoms with Crippen molar-refractivity contribution in [3.05, 3.63) is 0 Å². The summed E-state index contributed by atoms with van der Waals surface area (Å²) in [6, 6.07) is 0.890. The third kappa shape index (κ3) is 2.03. The van der Waals surface area contributed by atoms with Crippen LogP contribution in [-0.2, 0) is 18.7 Å². The first-order valence-corrected chi connectivity index (χ1v) is 12.5. The van der Waals surface area contributed by atoms with Crippen LogP contribution in [0.1, 0.15) is 33.6 Å². The van der Waals surface area contributed by atoms with Gasteiger partial charge in [0.15, 0.2) is 8.32 Å². The van der Waals surface area contributed by atoms with Crippen molar-refractivity contribution in [3.63, 3.8) is 0 Å². The SMILES string of the molecule is COC(=O)C12C3C4CC1[C@@](CO[Si](C)(C)C(C)(C)C)(C[C@@H]2OC)CN43. The summed E-state index contributed by atoms with van der Waals surface area (Å²) >= 11 is 0. The molecule has 3 saturated heterocycles. The second-order valence-electron chi connectivity index (χ2n) is 10.2. The van der Waals surface area contributed by atoms with E-state index in [4.69, 9.17) is 13.9 Å². The van der Waals surface area contributed by atoms with Gasteiger partial charge in [-0.05, 0) is 36.9 Å². The topological polar surface area (TPSA) is 47.8 Å². The van der Waals surface area contributed by atoms with Crippen LogP contribution in [0, 0.1) is 16.7 Å². The van der Waals surface area contributed by atoms with Crippen molar-refractivity contribution in [1.29, 1.82) is 0 Å². The Bertz CT molecular complexity index is 603. The van der Waals surface area contributed by atoms with E-state index in [-0.39, 0.29) is 22.5 Å². The standard InChI is InChI=1S/C19H33NO4Si/c1-17(2,3)25(6,7)24-11-18-9-14(22-4)19(16(21)23-5)13(18)8-12-15(19)20(12)10-18/h12-15H,8-11H2,1-7H3/t12?,13?,14-,15?,18-,19?,20?/m0/s1. The molecule has 5 fully saturated rings. The van der Waals surface area contributed by atoms with E-state index in [0.717, 1.165) is 26.0 Å². The second kappa shape index (κ2) is 5.09. The summed E-state index contributed by atoms with van der Waals surface area (Å²) in [5.74, 6) is 0.274. The molecule has 6 bridgehead atoms. The summed E-state index contributed by atoms with van der Waals surface area (Å²) < 4.78 is 17.9. The highest BCUT2D eigenvalue weighted by molar-refractivity contribution is 6.74. The van der Waals surface area contributed by atoms with Crippen molar-refractivity contribution >= 4 is 14.3 Å². The smallest absolute Gasteiger partial charge is 0.316 e. The number of hydrogen-bond acceptors (Lipinski definition) is 5. The van der Waals surface area contributed by atoms with Crippen LogP contribution >= 0.6 is 0 Å². The maximum atomic E-state index is 12.9. The summed E-state index contributed by atoms with van der Waals surface area (Å²) in [6.07, 6.45) is 1.97. The van der Waals surface area contributed by atoms with Gasteiger partial charge in [0.05, 0.1) is 13.2 Å². The largest absolute Gasteiger partial charge is 0.468 e. The highest BCUT2D eigenvalue weighted by Gasteiger charge is 2.85. The first-order valence-electron chi connectivity index (χ1n) is 9.56. The first-order chi connectivity index (χ1) is 11.5. The second-order valence-corrected chi connectivity index (χ2v) is 15.0. The number of nitrogens with zero attached hydrogens (tertiary/aromatic N) is 1. The molecule has 0 spiro atoms. The Balaban J connectivity index is 1.65. The van der Waals surface area contributed by atoms with Crippen molar-refractivity contribution in [2.45, 2.75) is 69.9 Å². The summed E-state index contributed by atoms with van der Waals surface area (Å²) in [7, 11) is 1.45. The molecule has 3 aliphatic heterocycles. The molecule has 2 saturated carbocycles. The molecule has 0 aromatic heterocycles. The van der Waals surface area contributed by atoms with E-state index in [9.17, 15) is 4.79 Å². The summed E-state index contributed by atoms with van der Waals surface area (Å²) in [5, 5.41) is 0.196. The molecular formula is C19H33NO4Si. The van der Waals surface area contributed by atoms with Gasteiger partial charge in [-0.2, -0.15) is 0 Å². The van der Waals surface area contributed by atoms with Gasteiger partial charge in [0, 0.05) is 37.8 Å². The van der Waals surface area contributed by atoms with E-state index in [1.807, 2.05) is 0 Å². The number of methoxy groups -OCH3 is 2. The van der Waals surface area contributed by atoms with Crippen LogP contribution in [0.5, 0.6) is 0 Å². The van der Waals surface area contributed by atoms with Crippen molar-refractivity contribution in [2.75, 3.05) is 27.4 Å². The zero-order valence-corrected chi connectivity index (χ0v) is 17.7. The zero-order chi connectivity index (χ0) is 18.4. The lowest BCUT2D eigenvalue weighted by atomic mass is 9.66. The summed E-state index contributed by atoms with van der Waals surface area (Å²) in [4.78, 5) is 15.5. The molecule has 7 atom stereocenters. The molecule has 3 heterocycles. The predicted molar refractivity (Wildman–Crippen MR) is 97.8 cm³/mol. The molecular weight excluding hydrogens is 334 g/mol. The van der Waals surface area contributed by atoms with Crippen LogP contribution in [0.25, 0.3) is 0 Å². The molecule has 5 aliphatic rings. The number of esters is 1. The van der Waals surface area contributed by atoms with Crippen molar-refractivity contribution in [1.82, 2.24) is 4.90 Å². The number of carbonyl (C=O) groups excluding carboxylic acids is 1. The minimum Gasteiger partial charge on any atom is -0.468 e. The van der Waals surface area contributed by atoms with Gasteiger partial charge in [-0.25, -0.2) is 0 Å². The average Bonchev–Trinajstić information content (AvgIpc) is 3.04. The molecule has 5 unspecified atom stereocenters. The van der Waals surface area contributed by atoms with E-state index in [2.05, 4.69) is 38.8 Å². The third-order valence-electron chi connectivity index (χ3n) is 8.31. The molecule has 142 valence electrons. The summed E-state index contributed by atoms with van der Waals surface area (Å²) in [6.45, 7) is 13.3. The number of rotatable bonds is 5. The van der Waals surface area contributed by atoms with Crippen LogP contribution in [0.2, 0.25) is 18.1 Å². The van der Waals surface area contributed by atoms with E-state index in [1.165, 1.54) is 7.11 Å². The fourth-order valence-electron chi connectivity index (χ4n) is 6.03. The molecule has 0 radical (unpaired) electrons. The Kier molecular flexibility index (Phi) is 3.65. The summed E-state index contributed by atoms with van der Waals surface area (Å²) in [5.41, 5.74) is -0.433. The van der Waals surface area contributed by atoms with Crippen molar-refractivity contribution in [3.8, 4) is 0 Å². The number of ether oxygens (including phenoxy) is 2. The van der Waals surface area contributed by atoms with E-state index >= 15 is 0 Å². The van der Waals surface area contributed by atoms with E-state index in [1.54, 1.807) is 7.11 Å². The van der Waals surface area contributed by atoms with Crippen LogP contribution in [0.15, 0.2) is 0 Å². The quantitative estimate of drug-likeness (QED) is 0.425. The van der Waals surface area contributed by atoms with Crippen LogP contribution < -0.4 is 0 Å². The van der Waals surface area contributed by atoms with Gasteiger partial charge >= 0.3 is 5.97 Å². The van der Waals surface area contributed by atoms with Crippen molar-refractivity contribution < 1.29 is 18.7 Å². The number of carbonyl (C=O) groups is 1. The molecule has 5 rings (SSSR count). The van der Waals surface area contributed by atoms with E-state index < -0.39 is 13.7 Å². The minimum absolute atomic E-state index is 0.0356. The van der Waals surface area contributed by atoms with Gasteiger partial charge in [0.2, 0.25) is 0 Å². The van der Waals surface area contributed by atoms with Crippen LogP contribution in [-0.4, -0.2) is 64.7 Å². The normalized spacial score (nSPS) is 47.1. The maximum Gasteiger partial charge on any atom is 0.316 e. The Morgan fingerprint density at radius 2 is 1.96 bits per heavy atom. The Hall–Kier alpha value is -0.433. The minimum atomic E-state index is -1.82. The molecule has 0 aromatic carbocycles. The number of piperidine rings is 3. The number of hydrogen-bond donors (Lipinski definition) is 0. The Morgan fingerprint density at radius 3 is 2.48 bits per heavy atom. The highest BCUT2D eigenvalue weighted by Crippen LogP contribution is 2.75.